The summed E-state index contributed by atoms with van der Waals surface area (Å²) in [5, 5.41) is 4.38. The molecule has 3 rings (SSSR count). The summed E-state index contributed by atoms with van der Waals surface area (Å²) >= 11 is 6.06. The minimum atomic E-state index is -0.150. The first-order chi connectivity index (χ1) is 11.3. The van der Waals surface area contributed by atoms with Gasteiger partial charge in [0.25, 0.3) is 5.91 Å². The predicted molar refractivity (Wildman–Crippen MR) is 99.8 cm³/mol. The van der Waals surface area contributed by atoms with E-state index in [9.17, 15) is 4.79 Å². The molecule has 1 heterocycles. The lowest BCUT2D eigenvalue weighted by atomic mass is 9.87. The lowest BCUT2D eigenvalue weighted by molar-refractivity contribution is 0.102. The lowest BCUT2D eigenvalue weighted by Crippen LogP contribution is -2.14. The predicted octanol–water partition coefficient (Wildman–Crippen LogP) is 5.44. The number of carbonyl (C=O) groups excluding carboxylic acids is 1. The normalized spacial score (nSPS) is 11.5. The number of rotatable bonds is 2. The van der Waals surface area contributed by atoms with Crippen molar-refractivity contribution in [2.24, 2.45) is 0 Å². The molecule has 2 aromatic carbocycles. The van der Waals surface area contributed by atoms with Gasteiger partial charge in [0.15, 0.2) is 0 Å². The number of nitrogens with zero attached hydrogens (tertiary/aromatic N) is 1. The summed E-state index contributed by atoms with van der Waals surface area (Å²) < 4.78 is 0. The third-order valence-corrected chi connectivity index (χ3v) is 4.20. The van der Waals surface area contributed by atoms with Crippen LogP contribution in [0.4, 0.5) is 5.69 Å². The summed E-state index contributed by atoms with van der Waals surface area (Å²) in [4.78, 5) is 16.8. The van der Waals surface area contributed by atoms with E-state index in [-0.39, 0.29) is 11.3 Å². The second kappa shape index (κ2) is 6.25. The van der Waals surface area contributed by atoms with Crippen molar-refractivity contribution in [1.29, 1.82) is 0 Å². The Morgan fingerprint density at radius 1 is 1.04 bits per heavy atom. The van der Waals surface area contributed by atoms with Crippen molar-refractivity contribution in [2.45, 2.75) is 26.2 Å². The Kier molecular flexibility index (Phi) is 4.29. The molecule has 0 radical (unpaired) electrons. The number of hydrogen-bond donors (Lipinski definition) is 1. The molecule has 3 aromatic rings. The van der Waals surface area contributed by atoms with Crippen LogP contribution in [0.1, 0.15) is 36.7 Å². The van der Waals surface area contributed by atoms with Crippen molar-refractivity contribution < 1.29 is 4.79 Å². The fourth-order valence-electron chi connectivity index (χ4n) is 2.54. The molecule has 3 nitrogen and oxygen atoms in total. The van der Waals surface area contributed by atoms with Gasteiger partial charge in [-0.15, -0.1) is 0 Å². The molecule has 4 heteroatoms. The number of hydrogen-bond acceptors (Lipinski definition) is 2. The average Bonchev–Trinajstić information content (AvgIpc) is 2.54. The van der Waals surface area contributed by atoms with Crippen LogP contribution in [0.5, 0.6) is 0 Å². The molecule has 0 spiro atoms. The Morgan fingerprint density at radius 3 is 2.42 bits per heavy atom. The topological polar surface area (TPSA) is 42.0 Å². The van der Waals surface area contributed by atoms with E-state index in [0.29, 0.717) is 16.3 Å². The zero-order chi connectivity index (χ0) is 17.3. The Labute approximate surface area is 146 Å². The van der Waals surface area contributed by atoms with E-state index in [2.05, 4.69) is 31.1 Å². The monoisotopic (exact) mass is 338 g/mol. The van der Waals surface area contributed by atoms with Crippen LogP contribution in [0.2, 0.25) is 5.02 Å². The van der Waals surface area contributed by atoms with Crippen LogP contribution in [-0.4, -0.2) is 10.9 Å². The molecule has 1 amide bonds. The van der Waals surface area contributed by atoms with Crippen molar-refractivity contribution in [3.8, 4) is 0 Å². The highest BCUT2D eigenvalue weighted by atomic mass is 35.5. The second-order valence-corrected chi connectivity index (χ2v) is 7.24. The fraction of sp³-hybridized carbons (Fsp3) is 0.200. The third kappa shape index (κ3) is 3.41. The Bertz CT molecular complexity index is 896. The van der Waals surface area contributed by atoms with Crippen molar-refractivity contribution in [3.05, 3.63) is 70.9 Å². The molecule has 0 bridgehead atoms. The molecule has 1 aromatic heterocycles. The largest absolute Gasteiger partial charge is 0.321 e. The maximum absolute atomic E-state index is 12.5. The van der Waals surface area contributed by atoms with Gasteiger partial charge in [-0.25, -0.2) is 0 Å². The number of carbonyl (C=O) groups is 1. The van der Waals surface area contributed by atoms with Crippen LogP contribution in [0.25, 0.3) is 10.9 Å². The highest BCUT2D eigenvalue weighted by molar-refractivity contribution is 6.31. The summed E-state index contributed by atoms with van der Waals surface area (Å²) in [5.74, 6) is -0.150. The SMILES string of the molecule is CC(C)(C)c1ccc(C(=O)Nc2ccnc3ccc(Cl)cc23)cc1. The molecule has 0 unspecified atom stereocenters. The van der Waals surface area contributed by atoms with E-state index in [1.165, 1.54) is 5.56 Å². The van der Waals surface area contributed by atoms with Gasteiger partial charge in [0.05, 0.1) is 11.2 Å². The lowest BCUT2D eigenvalue weighted by Gasteiger charge is -2.19. The van der Waals surface area contributed by atoms with E-state index in [1.54, 1.807) is 18.3 Å². The van der Waals surface area contributed by atoms with Crippen LogP contribution >= 0.6 is 11.6 Å². The molecule has 0 aliphatic rings. The zero-order valence-electron chi connectivity index (χ0n) is 13.9. The van der Waals surface area contributed by atoms with Gasteiger partial charge in [0, 0.05) is 22.2 Å². The van der Waals surface area contributed by atoms with Gasteiger partial charge in [-0.05, 0) is 47.4 Å². The summed E-state index contributed by atoms with van der Waals surface area (Å²) in [6.07, 6.45) is 1.68. The van der Waals surface area contributed by atoms with Gasteiger partial charge < -0.3 is 5.32 Å². The minimum absolute atomic E-state index is 0.0626. The number of amides is 1. The van der Waals surface area contributed by atoms with Gasteiger partial charge >= 0.3 is 0 Å². The average molecular weight is 339 g/mol. The van der Waals surface area contributed by atoms with E-state index in [4.69, 9.17) is 11.6 Å². The number of aromatic nitrogens is 1. The summed E-state index contributed by atoms with van der Waals surface area (Å²) in [5.41, 5.74) is 3.37. The summed E-state index contributed by atoms with van der Waals surface area (Å²) in [6, 6.07) is 14.9. The van der Waals surface area contributed by atoms with E-state index in [0.717, 1.165) is 10.9 Å². The standard InChI is InChI=1S/C20H19ClN2O/c1-20(2,3)14-6-4-13(5-7-14)19(24)23-18-10-11-22-17-9-8-15(21)12-16(17)18/h4-12H,1-3H3,(H,22,23,24). The van der Waals surface area contributed by atoms with Gasteiger partial charge in [-0.2, -0.15) is 0 Å². The molecule has 0 saturated heterocycles. The molecule has 0 atom stereocenters. The van der Waals surface area contributed by atoms with Crippen molar-refractivity contribution in [1.82, 2.24) is 4.98 Å². The van der Waals surface area contributed by atoms with E-state index >= 15 is 0 Å². The second-order valence-electron chi connectivity index (χ2n) is 6.80. The van der Waals surface area contributed by atoms with Crippen molar-refractivity contribution in [2.75, 3.05) is 5.32 Å². The molecule has 0 aliphatic carbocycles. The highest BCUT2D eigenvalue weighted by Crippen LogP contribution is 2.26. The Morgan fingerprint density at radius 2 is 1.75 bits per heavy atom. The molecule has 24 heavy (non-hydrogen) atoms. The van der Waals surface area contributed by atoms with Crippen LogP contribution in [-0.2, 0) is 5.41 Å². The van der Waals surface area contributed by atoms with Gasteiger partial charge in [-0.3, -0.25) is 9.78 Å². The van der Waals surface area contributed by atoms with Crippen LogP contribution in [0.15, 0.2) is 54.7 Å². The van der Waals surface area contributed by atoms with Crippen molar-refractivity contribution in [3.63, 3.8) is 0 Å². The number of pyridine rings is 1. The maximum atomic E-state index is 12.5. The Hall–Kier alpha value is -2.39. The van der Waals surface area contributed by atoms with Crippen LogP contribution in [0.3, 0.4) is 0 Å². The first kappa shape index (κ1) is 16.5. The van der Waals surface area contributed by atoms with E-state index < -0.39 is 0 Å². The first-order valence-electron chi connectivity index (χ1n) is 7.81. The van der Waals surface area contributed by atoms with Crippen LogP contribution in [0, 0.1) is 0 Å². The minimum Gasteiger partial charge on any atom is -0.321 e. The van der Waals surface area contributed by atoms with Crippen molar-refractivity contribution >= 4 is 34.1 Å². The molecule has 1 N–H and O–H groups in total. The fourth-order valence-corrected chi connectivity index (χ4v) is 2.72. The molecule has 122 valence electrons. The first-order valence-corrected chi connectivity index (χ1v) is 8.18. The number of anilines is 1. The van der Waals surface area contributed by atoms with Crippen LogP contribution < -0.4 is 5.32 Å². The third-order valence-electron chi connectivity index (χ3n) is 3.96. The smallest absolute Gasteiger partial charge is 0.255 e. The molecular weight excluding hydrogens is 320 g/mol. The summed E-state index contributed by atoms with van der Waals surface area (Å²) in [7, 11) is 0. The quantitative estimate of drug-likeness (QED) is 0.676. The maximum Gasteiger partial charge on any atom is 0.255 e. The molecular formula is C20H19ClN2O. The van der Waals surface area contributed by atoms with Gasteiger partial charge in [0.2, 0.25) is 0 Å². The highest BCUT2D eigenvalue weighted by Gasteiger charge is 2.15. The number of halogens is 1. The zero-order valence-corrected chi connectivity index (χ0v) is 14.7. The Balaban J connectivity index is 1.89. The number of nitrogens with one attached hydrogen (secondary N) is 1. The number of benzene rings is 2. The van der Waals surface area contributed by atoms with Gasteiger partial charge in [-0.1, -0.05) is 44.5 Å². The summed E-state index contributed by atoms with van der Waals surface area (Å²) in [6.45, 7) is 6.44. The molecule has 0 saturated carbocycles. The number of fused-ring (bicyclic) bond motifs is 1. The van der Waals surface area contributed by atoms with E-state index in [1.807, 2.05) is 36.4 Å². The van der Waals surface area contributed by atoms with Gasteiger partial charge in [0.1, 0.15) is 0 Å². The molecule has 0 fully saturated rings. The molecule has 0 aliphatic heterocycles.